The fourth-order valence-electron chi connectivity index (χ4n) is 8.28. The van der Waals surface area contributed by atoms with Gasteiger partial charge in [0, 0.05) is 38.1 Å². The number of aromatic hydroxyl groups is 2. The van der Waals surface area contributed by atoms with Crippen molar-refractivity contribution in [3.8, 4) is 23.0 Å². The van der Waals surface area contributed by atoms with Crippen molar-refractivity contribution in [2.75, 3.05) is 0 Å². The van der Waals surface area contributed by atoms with E-state index in [1.165, 1.54) is 0 Å². The van der Waals surface area contributed by atoms with Crippen molar-refractivity contribution in [3.05, 3.63) is 175 Å². The van der Waals surface area contributed by atoms with Crippen LogP contribution in [0.15, 0.2) is 97.3 Å². The third-order valence-electron chi connectivity index (χ3n) is 12.2. The maximum absolute atomic E-state index is 12.6. The highest BCUT2D eigenvalue weighted by molar-refractivity contribution is 5.59. The summed E-state index contributed by atoms with van der Waals surface area (Å²) in [5.41, 5.74) is 12.7. The number of phenols is 2. The summed E-state index contributed by atoms with van der Waals surface area (Å²) in [6, 6.07) is 29.4. The number of fused-ring (bicyclic) bond motifs is 8. The summed E-state index contributed by atoms with van der Waals surface area (Å²) in [5.74, 6) is 2.06. The summed E-state index contributed by atoms with van der Waals surface area (Å²) in [4.78, 5) is 9.19. The zero-order valence-electron chi connectivity index (χ0n) is 39.1. The Balaban J connectivity index is 1.55. The lowest BCUT2D eigenvalue weighted by molar-refractivity contribution is 0.295. The predicted octanol–water partition coefficient (Wildman–Crippen LogP) is 12.9. The van der Waals surface area contributed by atoms with Crippen molar-refractivity contribution < 1.29 is 19.7 Å². The molecule has 0 aliphatic heterocycles. The standard InChI is InChI=1S/C56H66N2O4/c1-53(2,3)43-25-35-21-39-29-45(55(7,8)9)31-41(51(39)61-33-47-17-13-15-19-57-47)23-37-27-44(54(4,5)6)28-38(50(37)60)24-42-32-46(56(10,11)12)30-40(22-36(26-43)49(35)59)52(42)62-34-48-18-14-16-20-58-48/h13-20,25-32,59-60H,21-24,33-34H2,1-12H3. The first-order chi connectivity index (χ1) is 29.0. The smallest absolute Gasteiger partial charge is 0.130 e. The van der Waals surface area contributed by atoms with Gasteiger partial charge in [0.05, 0.1) is 11.4 Å². The quantitative estimate of drug-likeness (QED) is 0.174. The topological polar surface area (TPSA) is 84.7 Å². The van der Waals surface area contributed by atoms with E-state index in [0.717, 1.165) is 89.6 Å². The first kappa shape index (κ1) is 44.4. The number of ether oxygens (including phenoxy) is 2. The Hall–Kier alpha value is -5.62. The number of aromatic nitrogens is 2. The number of hydrogen-bond donors (Lipinski definition) is 2. The molecule has 2 aromatic heterocycles. The van der Waals surface area contributed by atoms with Gasteiger partial charge in [0.2, 0.25) is 0 Å². The normalized spacial score (nSPS) is 13.5. The van der Waals surface area contributed by atoms with Gasteiger partial charge in [-0.15, -0.1) is 0 Å². The van der Waals surface area contributed by atoms with Gasteiger partial charge in [0.1, 0.15) is 36.2 Å². The minimum Gasteiger partial charge on any atom is -0.507 e. The molecule has 324 valence electrons. The van der Waals surface area contributed by atoms with Crippen LogP contribution in [-0.2, 0) is 60.6 Å². The van der Waals surface area contributed by atoms with E-state index in [-0.39, 0.29) is 46.4 Å². The van der Waals surface area contributed by atoms with Crippen molar-refractivity contribution in [1.29, 1.82) is 0 Å². The van der Waals surface area contributed by atoms with Gasteiger partial charge in [0.15, 0.2) is 0 Å². The molecule has 7 rings (SSSR count). The van der Waals surface area contributed by atoms with Crippen LogP contribution < -0.4 is 9.47 Å². The number of phenolic OH excluding ortho intramolecular Hbond substituents is 2. The van der Waals surface area contributed by atoms with E-state index in [9.17, 15) is 10.2 Å². The van der Waals surface area contributed by atoms with E-state index >= 15 is 0 Å². The molecule has 0 spiro atoms. The average Bonchev–Trinajstić information content (AvgIpc) is 3.18. The number of nitrogens with zero attached hydrogens (tertiary/aromatic N) is 2. The first-order valence-electron chi connectivity index (χ1n) is 22.1. The molecule has 0 radical (unpaired) electrons. The summed E-state index contributed by atoms with van der Waals surface area (Å²) < 4.78 is 13.8. The van der Waals surface area contributed by atoms with Gasteiger partial charge in [-0.05, 0) is 113 Å². The second-order valence-electron chi connectivity index (χ2n) is 21.5. The molecule has 1 aliphatic carbocycles. The van der Waals surface area contributed by atoms with Gasteiger partial charge in [0.25, 0.3) is 0 Å². The Kier molecular flexibility index (Phi) is 12.1. The zero-order valence-corrected chi connectivity index (χ0v) is 39.1. The lowest BCUT2D eigenvalue weighted by Crippen LogP contribution is -2.16. The number of rotatable bonds is 6. The maximum atomic E-state index is 12.6. The average molecular weight is 831 g/mol. The molecule has 8 bridgehead atoms. The predicted molar refractivity (Wildman–Crippen MR) is 252 cm³/mol. The number of benzene rings is 4. The molecule has 2 N–H and O–H groups in total. The molecule has 0 unspecified atom stereocenters. The minimum atomic E-state index is -0.198. The molecule has 0 atom stereocenters. The molecule has 0 fully saturated rings. The first-order valence-corrected chi connectivity index (χ1v) is 22.1. The fraction of sp³-hybridized carbons (Fsp3) is 0.393. The SMILES string of the molecule is CC(C)(C)c1cc2c(O)c(c1)Cc1cc(C(C)(C)C)cc(c1OCc1ccccn1)Cc1cc(C(C)(C)C)cc(c1O)Cc1cc(C(C)(C)C)cc(c1OCc1ccccn1)C2. The molecule has 6 heteroatoms. The second-order valence-corrected chi connectivity index (χ2v) is 21.5. The molecule has 62 heavy (non-hydrogen) atoms. The zero-order chi connectivity index (χ0) is 44.8. The highest BCUT2D eigenvalue weighted by Crippen LogP contribution is 2.44. The van der Waals surface area contributed by atoms with Crippen molar-refractivity contribution in [3.63, 3.8) is 0 Å². The lowest BCUT2D eigenvalue weighted by Gasteiger charge is -2.28. The van der Waals surface area contributed by atoms with Gasteiger partial charge in [-0.1, -0.05) is 144 Å². The van der Waals surface area contributed by atoms with Gasteiger partial charge in [-0.25, -0.2) is 0 Å². The van der Waals surface area contributed by atoms with Gasteiger partial charge >= 0.3 is 0 Å². The van der Waals surface area contributed by atoms with Crippen molar-refractivity contribution >= 4 is 0 Å². The van der Waals surface area contributed by atoms with Gasteiger partial charge < -0.3 is 19.7 Å². The van der Waals surface area contributed by atoms with Crippen LogP contribution in [0, 0.1) is 0 Å². The Labute approximate surface area is 370 Å². The number of hydrogen-bond acceptors (Lipinski definition) is 6. The molecular weight excluding hydrogens is 765 g/mol. The van der Waals surface area contributed by atoms with Crippen molar-refractivity contribution in [2.24, 2.45) is 0 Å². The Morgan fingerprint density at radius 3 is 0.887 bits per heavy atom. The lowest BCUT2D eigenvalue weighted by atomic mass is 9.79. The van der Waals surface area contributed by atoms with Crippen LogP contribution >= 0.6 is 0 Å². The summed E-state index contributed by atoms with van der Waals surface area (Å²) in [6.07, 6.45) is 5.33. The second kappa shape index (κ2) is 16.9. The fourth-order valence-corrected chi connectivity index (χ4v) is 8.28. The Bertz CT molecular complexity index is 2290. The monoisotopic (exact) mass is 831 g/mol. The third-order valence-corrected chi connectivity index (χ3v) is 12.2. The molecule has 0 saturated heterocycles. The summed E-state index contributed by atoms with van der Waals surface area (Å²) >= 11 is 0. The van der Waals surface area contributed by atoms with E-state index in [1.54, 1.807) is 12.4 Å². The van der Waals surface area contributed by atoms with Crippen LogP contribution in [0.3, 0.4) is 0 Å². The summed E-state index contributed by atoms with van der Waals surface area (Å²) in [6.45, 7) is 27.3. The van der Waals surface area contributed by atoms with Crippen LogP contribution in [-0.4, -0.2) is 20.2 Å². The van der Waals surface area contributed by atoms with Gasteiger partial charge in [-0.3, -0.25) is 9.97 Å². The van der Waals surface area contributed by atoms with Crippen LogP contribution in [0.1, 0.15) is 161 Å². The Morgan fingerprint density at radius 2 is 0.661 bits per heavy atom. The molecule has 6 nitrogen and oxygen atoms in total. The highest BCUT2D eigenvalue weighted by Gasteiger charge is 2.28. The molecule has 0 amide bonds. The van der Waals surface area contributed by atoms with Crippen molar-refractivity contribution in [2.45, 2.75) is 144 Å². The van der Waals surface area contributed by atoms with Crippen LogP contribution in [0.25, 0.3) is 0 Å². The van der Waals surface area contributed by atoms with Crippen LogP contribution in [0.4, 0.5) is 0 Å². The van der Waals surface area contributed by atoms with E-state index in [1.807, 2.05) is 36.4 Å². The van der Waals surface area contributed by atoms with Crippen molar-refractivity contribution in [1.82, 2.24) is 9.97 Å². The van der Waals surface area contributed by atoms with E-state index in [0.29, 0.717) is 25.7 Å². The maximum Gasteiger partial charge on any atom is 0.130 e. The van der Waals surface area contributed by atoms with Crippen LogP contribution in [0.5, 0.6) is 23.0 Å². The van der Waals surface area contributed by atoms with E-state index < -0.39 is 0 Å². The molecule has 1 aliphatic rings. The molecule has 6 aromatic rings. The molecule has 2 heterocycles. The largest absolute Gasteiger partial charge is 0.507 e. The minimum absolute atomic E-state index is 0.191. The van der Waals surface area contributed by atoms with E-state index in [2.05, 4.69) is 142 Å². The Morgan fingerprint density at radius 1 is 0.403 bits per heavy atom. The third kappa shape index (κ3) is 10.0. The molecule has 0 saturated carbocycles. The van der Waals surface area contributed by atoms with Crippen LogP contribution in [0.2, 0.25) is 0 Å². The summed E-state index contributed by atoms with van der Waals surface area (Å²) in [7, 11) is 0. The van der Waals surface area contributed by atoms with Gasteiger partial charge in [-0.2, -0.15) is 0 Å². The molecular formula is C56H66N2O4. The van der Waals surface area contributed by atoms with E-state index in [4.69, 9.17) is 9.47 Å². The number of pyridine rings is 2. The molecule has 4 aromatic carbocycles. The highest BCUT2D eigenvalue weighted by atomic mass is 16.5. The summed E-state index contributed by atoms with van der Waals surface area (Å²) in [5, 5.41) is 25.2.